The molecule has 0 radical (unpaired) electrons. The van der Waals surface area contributed by atoms with Crippen molar-refractivity contribution in [2.24, 2.45) is 5.16 Å². The zero-order valence-corrected chi connectivity index (χ0v) is 18.4. The number of hydrogen-bond donors (Lipinski definition) is 1. The standard InChI is InChI=1S/C20H23N3O7S/c1-5-27-16(24)15(23-30-19(26)29-20(2,3)4)14-12-31-17(21-14)22-18(25)28-11-13-9-7-6-8-10-13/h6-10,12H,5,11H2,1-4H3,(H,21,22,25). The number of amides is 1. The van der Waals surface area contributed by atoms with Crippen molar-refractivity contribution in [3.8, 4) is 0 Å². The van der Waals surface area contributed by atoms with Crippen molar-refractivity contribution in [1.29, 1.82) is 0 Å². The zero-order chi connectivity index (χ0) is 22.9. The molecule has 1 N–H and O–H groups in total. The van der Waals surface area contributed by atoms with Gasteiger partial charge in [-0.2, -0.15) is 0 Å². The number of rotatable bonds is 7. The molecule has 0 bridgehead atoms. The third kappa shape index (κ3) is 8.42. The fourth-order valence-electron chi connectivity index (χ4n) is 2.03. The van der Waals surface area contributed by atoms with Gasteiger partial charge in [0.05, 0.1) is 6.61 Å². The Hall–Kier alpha value is -3.47. The second-order valence-corrected chi connectivity index (χ2v) is 7.80. The van der Waals surface area contributed by atoms with Crippen LogP contribution in [0, 0.1) is 0 Å². The number of carbonyl (C=O) groups excluding carboxylic acids is 3. The number of anilines is 1. The van der Waals surface area contributed by atoms with E-state index in [1.807, 2.05) is 30.3 Å². The summed E-state index contributed by atoms with van der Waals surface area (Å²) in [6.07, 6.45) is -1.81. The van der Waals surface area contributed by atoms with Crippen molar-refractivity contribution in [3.63, 3.8) is 0 Å². The summed E-state index contributed by atoms with van der Waals surface area (Å²) >= 11 is 1.02. The van der Waals surface area contributed by atoms with Gasteiger partial charge in [0.25, 0.3) is 0 Å². The monoisotopic (exact) mass is 449 g/mol. The van der Waals surface area contributed by atoms with Crippen LogP contribution in [-0.2, 0) is 30.4 Å². The lowest BCUT2D eigenvalue weighted by atomic mass is 10.2. The molecule has 0 unspecified atom stereocenters. The van der Waals surface area contributed by atoms with Gasteiger partial charge in [0.15, 0.2) is 5.13 Å². The molecule has 0 saturated carbocycles. The molecule has 0 saturated heterocycles. The Bertz CT molecular complexity index is 936. The minimum Gasteiger partial charge on any atom is -0.461 e. The van der Waals surface area contributed by atoms with E-state index in [0.717, 1.165) is 16.9 Å². The first-order chi connectivity index (χ1) is 14.7. The summed E-state index contributed by atoms with van der Waals surface area (Å²) in [5.74, 6) is -0.852. The first kappa shape index (κ1) is 23.8. The largest absolute Gasteiger partial charge is 0.535 e. The van der Waals surface area contributed by atoms with Crippen LogP contribution in [0.25, 0.3) is 0 Å². The number of nitrogens with zero attached hydrogens (tertiary/aromatic N) is 2. The quantitative estimate of drug-likeness (QED) is 0.220. The maximum atomic E-state index is 12.2. The first-order valence-electron chi connectivity index (χ1n) is 9.26. The highest BCUT2D eigenvalue weighted by molar-refractivity contribution is 7.14. The Kier molecular flexibility index (Phi) is 8.50. The molecule has 2 rings (SSSR count). The highest BCUT2D eigenvalue weighted by Gasteiger charge is 2.23. The van der Waals surface area contributed by atoms with Crippen molar-refractivity contribution in [3.05, 3.63) is 47.0 Å². The number of nitrogens with one attached hydrogen (secondary N) is 1. The van der Waals surface area contributed by atoms with E-state index in [2.05, 4.69) is 20.3 Å². The molecule has 0 atom stereocenters. The Labute approximate surface area is 183 Å². The first-order valence-corrected chi connectivity index (χ1v) is 10.1. The fraction of sp³-hybridized carbons (Fsp3) is 0.350. The number of ether oxygens (including phenoxy) is 3. The fourth-order valence-corrected chi connectivity index (χ4v) is 2.71. The van der Waals surface area contributed by atoms with Gasteiger partial charge < -0.3 is 14.2 Å². The average molecular weight is 449 g/mol. The van der Waals surface area contributed by atoms with Crippen molar-refractivity contribution in [2.75, 3.05) is 11.9 Å². The number of thiazole rings is 1. The molecule has 166 valence electrons. The number of hydrogen-bond acceptors (Lipinski definition) is 10. The molecule has 1 aromatic carbocycles. The predicted octanol–water partition coefficient (Wildman–Crippen LogP) is 4.11. The van der Waals surface area contributed by atoms with Gasteiger partial charge in [-0.25, -0.2) is 19.4 Å². The summed E-state index contributed by atoms with van der Waals surface area (Å²) in [5, 5.41) is 7.59. The lowest BCUT2D eigenvalue weighted by Gasteiger charge is -2.17. The Morgan fingerprint density at radius 2 is 1.84 bits per heavy atom. The van der Waals surface area contributed by atoms with Gasteiger partial charge in [0.1, 0.15) is 17.9 Å². The van der Waals surface area contributed by atoms with Gasteiger partial charge in [0.2, 0.25) is 5.71 Å². The van der Waals surface area contributed by atoms with Crippen molar-refractivity contribution < 1.29 is 33.4 Å². The molecule has 1 heterocycles. The molecule has 0 aliphatic rings. The molecular weight excluding hydrogens is 426 g/mol. The average Bonchev–Trinajstić information content (AvgIpc) is 3.14. The van der Waals surface area contributed by atoms with E-state index in [4.69, 9.17) is 14.2 Å². The molecule has 1 aromatic heterocycles. The third-order valence-electron chi connectivity index (χ3n) is 3.24. The number of esters is 1. The van der Waals surface area contributed by atoms with E-state index in [1.54, 1.807) is 27.7 Å². The summed E-state index contributed by atoms with van der Waals surface area (Å²) in [6.45, 7) is 6.73. The van der Waals surface area contributed by atoms with Crippen LogP contribution in [0.1, 0.15) is 39.0 Å². The van der Waals surface area contributed by atoms with E-state index >= 15 is 0 Å². The summed E-state index contributed by atoms with van der Waals surface area (Å²) in [7, 11) is 0. The molecular formula is C20H23N3O7S. The van der Waals surface area contributed by atoms with Crippen LogP contribution in [0.5, 0.6) is 0 Å². The number of benzene rings is 1. The van der Waals surface area contributed by atoms with Crippen LogP contribution >= 0.6 is 11.3 Å². The minimum absolute atomic E-state index is 0.0466. The smallest absolute Gasteiger partial charge is 0.461 e. The van der Waals surface area contributed by atoms with Crippen LogP contribution in [0.15, 0.2) is 40.9 Å². The summed E-state index contributed by atoms with van der Waals surface area (Å²) in [5.41, 5.74) is -0.275. The summed E-state index contributed by atoms with van der Waals surface area (Å²) in [4.78, 5) is 44.7. The predicted molar refractivity (Wildman–Crippen MR) is 113 cm³/mol. The van der Waals surface area contributed by atoms with Gasteiger partial charge in [-0.1, -0.05) is 35.5 Å². The van der Waals surface area contributed by atoms with E-state index in [9.17, 15) is 14.4 Å². The maximum absolute atomic E-state index is 12.2. The molecule has 10 nitrogen and oxygen atoms in total. The van der Waals surface area contributed by atoms with Crippen molar-refractivity contribution in [2.45, 2.75) is 39.9 Å². The van der Waals surface area contributed by atoms with Crippen molar-refractivity contribution >= 4 is 40.4 Å². The molecule has 0 fully saturated rings. The maximum Gasteiger partial charge on any atom is 0.535 e. The lowest BCUT2D eigenvalue weighted by molar-refractivity contribution is -0.135. The van der Waals surface area contributed by atoms with Crippen LogP contribution < -0.4 is 5.32 Å². The topological polar surface area (TPSA) is 125 Å². The number of carbonyl (C=O) groups is 3. The molecule has 0 aliphatic heterocycles. The minimum atomic E-state index is -1.09. The summed E-state index contributed by atoms with van der Waals surface area (Å²) < 4.78 is 15.0. The Morgan fingerprint density at radius 3 is 2.48 bits per heavy atom. The van der Waals surface area contributed by atoms with Crippen LogP contribution in [0.3, 0.4) is 0 Å². The normalized spacial score (nSPS) is 11.4. The van der Waals surface area contributed by atoms with E-state index in [1.165, 1.54) is 5.38 Å². The highest BCUT2D eigenvalue weighted by Crippen LogP contribution is 2.18. The van der Waals surface area contributed by atoms with E-state index in [0.29, 0.717) is 0 Å². The molecule has 31 heavy (non-hydrogen) atoms. The molecule has 0 aliphatic carbocycles. The second-order valence-electron chi connectivity index (χ2n) is 6.94. The highest BCUT2D eigenvalue weighted by atomic mass is 32.1. The van der Waals surface area contributed by atoms with E-state index < -0.39 is 23.8 Å². The summed E-state index contributed by atoms with van der Waals surface area (Å²) in [6, 6.07) is 9.16. The van der Waals surface area contributed by atoms with Gasteiger partial charge in [0, 0.05) is 5.38 Å². The zero-order valence-electron chi connectivity index (χ0n) is 17.5. The molecule has 11 heteroatoms. The molecule has 0 spiro atoms. The van der Waals surface area contributed by atoms with Gasteiger partial charge in [-0.15, -0.1) is 11.3 Å². The third-order valence-corrected chi connectivity index (χ3v) is 4.00. The van der Waals surface area contributed by atoms with Crippen molar-refractivity contribution in [1.82, 2.24) is 4.98 Å². The number of aromatic nitrogens is 1. The lowest BCUT2D eigenvalue weighted by Crippen LogP contribution is -2.25. The molecule has 2 aromatic rings. The van der Waals surface area contributed by atoms with Crippen LogP contribution in [-0.4, -0.2) is 41.1 Å². The van der Waals surface area contributed by atoms with Crippen LogP contribution in [0.4, 0.5) is 14.7 Å². The van der Waals surface area contributed by atoms with Gasteiger partial charge in [-0.3, -0.25) is 10.2 Å². The second kappa shape index (κ2) is 11.1. The Balaban J connectivity index is 2.04. The molecule has 1 amide bonds. The van der Waals surface area contributed by atoms with Crippen LogP contribution in [0.2, 0.25) is 0 Å². The Morgan fingerprint density at radius 1 is 1.13 bits per heavy atom. The van der Waals surface area contributed by atoms with E-state index in [-0.39, 0.29) is 29.8 Å². The number of oxime groups is 1. The SMILES string of the molecule is CCOC(=O)C(=NOC(=O)OC(C)(C)C)c1csc(NC(=O)OCc2ccccc2)n1. The van der Waals surface area contributed by atoms with Gasteiger partial charge >= 0.3 is 18.2 Å². The van der Waals surface area contributed by atoms with Gasteiger partial charge in [-0.05, 0) is 33.3 Å².